The van der Waals surface area contributed by atoms with Crippen LogP contribution in [-0.2, 0) is 12.8 Å². The smallest absolute Gasteiger partial charge is 0.158 e. The van der Waals surface area contributed by atoms with Gasteiger partial charge in [-0.05, 0) is 55.9 Å². The third kappa shape index (κ3) is 2.73. The number of hydrogen-bond donors (Lipinski definition) is 2. The second kappa shape index (κ2) is 6.20. The first-order chi connectivity index (χ1) is 11.7. The fourth-order valence-corrected chi connectivity index (χ4v) is 4.33. The third-order valence-corrected chi connectivity index (χ3v) is 5.51. The van der Waals surface area contributed by atoms with Crippen molar-refractivity contribution in [3.63, 3.8) is 0 Å². The van der Waals surface area contributed by atoms with E-state index in [9.17, 15) is 5.11 Å². The third-order valence-electron chi connectivity index (χ3n) is 4.31. The van der Waals surface area contributed by atoms with Gasteiger partial charge in [0, 0.05) is 10.4 Å². The number of anilines is 1. The normalized spacial score (nSPS) is 14.2. The summed E-state index contributed by atoms with van der Waals surface area (Å²) in [5.74, 6) is 0.962. The molecule has 0 spiro atoms. The second-order valence-corrected chi connectivity index (χ2v) is 7.13. The molecule has 6 heteroatoms. The summed E-state index contributed by atoms with van der Waals surface area (Å²) in [4.78, 5) is 11.2. The van der Waals surface area contributed by atoms with Gasteiger partial charge >= 0.3 is 0 Å². The van der Waals surface area contributed by atoms with E-state index in [0.29, 0.717) is 5.56 Å². The van der Waals surface area contributed by atoms with Crippen molar-refractivity contribution in [2.24, 2.45) is 5.10 Å². The number of benzene rings is 1. The van der Waals surface area contributed by atoms with Gasteiger partial charge in [-0.2, -0.15) is 5.10 Å². The van der Waals surface area contributed by atoms with Crippen LogP contribution in [0.2, 0.25) is 0 Å². The fourth-order valence-electron chi connectivity index (χ4n) is 3.10. The molecule has 0 bridgehead atoms. The Balaban J connectivity index is 1.65. The number of aryl methyl sites for hydroxylation is 3. The van der Waals surface area contributed by atoms with Crippen LogP contribution >= 0.6 is 11.3 Å². The van der Waals surface area contributed by atoms with Crippen LogP contribution < -0.4 is 5.43 Å². The zero-order valence-electron chi connectivity index (χ0n) is 13.4. The summed E-state index contributed by atoms with van der Waals surface area (Å²) in [6.07, 6.45) is 7.87. The predicted molar refractivity (Wildman–Crippen MR) is 98.1 cm³/mol. The van der Waals surface area contributed by atoms with Crippen molar-refractivity contribution >= 4 is 33.6 Å². The number of aromatic hydroxyl groups is 1. The van der Waals surface area contributed by atoms with E-state index < -0.39 is 0 Å². The van der Waals surface area contributed by atoms with Crippen molar-refractivity contribution in [2.45, 2.75) is 32.6 Å². The molecule has 3 aromatic rings. The van der Waals surface area contributed by atoms with Gasteiger partial charge in [0.05, 0.1) is 11.6 Å². The molecule has 0 fully saturated rings. The molecule has 0 amide bonds. The van der Waals surface area contributed by atoms with E-state index in [-0.39, 0.29) is 5.75 Å². The van der Waals surface area contributed by atoms with Crippen molar-refractivity contribution < 1.29 is 5.11 Å². The van der Waals surface area contributed by atoms with Gasteiger partial charge in [0.15, 0.2) is 5.82 Å². The zero-order chi connectivity index (χ0) is 16.5. The summed E-state index contributed by atoms with van der Waals surface area (Å²) in [6.45, 7) is 1.94. The maximum Gasteiger partial charge on any atom is 0.158 e. The van der Waals surface area contributed by atoms with Gasteiger partial charge in [0.1, 0.15) is 16.9 Å². The summed E-state index contributed by atoms with van der Waals surface area (Å²) in [7, 11) is 0. The Labute approximate surface area is 144 Å². The molecular weight excluding hydrogens is 320 g/mol. The Morgan fingerprint density at radius 2 is 2.12 bits per heavy atom. The molecule has 0 aliphatic heterocycles. The molecule has 1 aliphatic carbocycles. The van der Waals surface area contributed by atoms with Crippen molar-refractivity contribution in [1.82, 2.24) is 9.97 Å². The Bertz CT molecular complexity index is 932. The first-order valence-electron chi connectivity index (χ1n) is 8.06. The number of phenols is 1. The lowest BCUT2D eigenvalue weighted by molar-refractivity contribution is 0.474. The number of rotatable bonds is 3. The molecule has 0 saturated carbocycles. The SMILES string of the molecule is Cc1ccc(C=NNc2ncnc3sc4c(c23)CCCC4)c(O)c1. The van der Waals surface area contributed by atoms with Crippen molar-refractivity contribution in [2.75, 3.05) is 5.43 Å². The number of phenolic OH excluding ortho intramolecular Hbond substituents is 1. The molecule has 2 aromatic heterocycles. The largest absolute Gasteiger partial charge is 0.507 e. The quantitative estimate of drug-likeness (QED) is 0.559. The van der Waals surface area contributed by atoms with E-state index in [1.54, 1.807) is 29.9 Å². The number of nitrogens with zero attached hydrogens (tertiary/aromatic N) is 3. The molecule has 0 radical (unpaired) electrons. The molecule has 2 heterocycles. The standard InChI is InChI=1S/C18H18N4OS/c1-11-6-7-12(14(23)8-11)9-21-22-17-16-13-4-2-3-5-15(13)24-18(16)20-10-19-17/h6-10,23H,2-5H2,1H3,(H,19,20,22). The molecule has 2 N–H and O–H groups in total. The number of thiophene rings is 1. The van der Waals surface area contributed by atoms with Gasteiger partial charge < -0.3 is 5.11 Å². The summed E-state index contributed by atoms with van der Waals surface area (Å²) >= 11 is 1.76. The maximum absolute atomic E-state index is 9.94. The number of aromatic nitrogens is 2. The molecule has 5 nitrogen and oxygen atoms in total. The summed E-state index contributed by atoms with van der Waals surface area (Å²) in [6, 6.07) is 5.51. The first-order valence-corrected chi connectivity index (χ1v) is 8.88. The molecule has 0 saturated heterocycles. The molecule has 24 heavy (non-hydrogen) atoms. The van der Waals surface area contributed by atoms with Crippen LogP contribution in [0.1, 0.15) is 34.4 Å². The minimum atomic E-state index is 0.223. The lowest BCUT2D eigenvalue weighted by atomic mass is 9.97. The van der Waals surface area contributed by atoms with Crippen LogP contribution in [0.3, 0.4) is 0 Å². The van der Waals surface area contributed by atoms with Gasteiger partial charge in [-0.1, -0.05) is 6.07 Å². The highest BCUT2D eigenvalue weighted by atomic mass is 32.1. The van der Waals surface area contributed by atoms with E-state index in [4.69, 9.17) is 0 Å². The fraction of sp³-hybridized carbons (Fsp3) is 0.278. The van der Waals surface area contributed by atoms with Gasteiger partial charge in [0.2, 0.25) is 0 Å². The van der Waals surface area contributed by atoms with Crippen LogP contribution in [0.15, 0.2) is 29.6 Å². The van der Waals surface area contributed by atoms with Crippen molar-refractivity contribution in [3.05, 3.63) is 46.1 Å². The second-order valence-electron chi connectivity index (χ2n) is 6.05. The van der Waals surface area contributed by atoms with E-state index in [1.165, 1.54) is 23.3 Å². The van der Waals surface area contributed by atoms with Crippen LogP contribution in [0, 0.1) is 6.92 Å². The topological polar surface area (TPSA) is 70.4 Å². The average molecular weight is 338 g/mol. The highest BCUT2D eigenvalue weighted by Crippen LogP contribution is 2.38. The van der Waals surface area contributed by atoms with Gasteiger partial charge in [0.25, 0.3) is 0 Å². The molecule has 122 valence electrons. The average Bonchev–Trinajstić information content (AvgIpc) is 2.96. The molecule has 0 atom stereocenters. The summed E-state index contributed by atoms with van der Waals surface area (Å²) < 4.78 is 0. The predicted octanol–water partition coefficient (Wildman–Crippen LogP) is 4.03. The molecule has 1 aromatic carbocycles. The highest BCUT2D eigenvalue weighted by molar-refractivity contribution is 7.19. The lowest BCUT2D eigenvalue weighted by Gasteiger charge is -2.11. The summed E-state index contributed by atoms with van der Waals surface area (Å²) in [5.41, 5.74) is 6.09. The minimum Gasteiger partial charge on any atom is -0.507 e. The monoisotopic (exact) mass is 338 g/mol. The van der Waals surface area contributed by atoms with Crippen LogP contribution in [0.25, 0.3) is 10.2 Å². The molecular formula is C18H18N4OS. The van der Waals surface area contributed by atoms with E-state index in [2.05, 4.69) is 20.5 Å². The number of fused-ring (bicyclic) bond motifs is 3. The van der Waals surface area contributed by atoms with Crippen LogP contribution in [0.4, 0.5) is 5.82 Å². The van der Waals surface area contributed by atoms with Gasteiger partial charge in [-0.25, -0.2) is 9.97 Å². The van der Waals surface area contributed by atoms with E-state index in [0.717, 1.165) is 34.4 Å². The molecule has 1 aliphatic rings. The molecule has 4 rings (SSSR count). The summed E-state index contributed by atoms with van der Waals surface area (Å²) in [5, 5.41) is 15.3. The van der Waals surface area contributed by atoms with Gasteiger partial charge in [-0.3, -0.25) is 5.43 Å². The molecule has 0 unspecified atom stereocenters. The zero-order valence-corrected chi connectivity index (χ0v) is 14.2. The van der Waals surface area contributed by atoms with E-state index in [1.807, 2.05) is 19.1 Å². The Hall–Kier alpha value is -2.47. The van der Waals surface area contributed by atoms with Gasteiger partial charge in [-0.15, -0.1) is 11.3 Å². The lowest BCUT2D eigenvalue weighted by Crippen LogP contribution is -2.01. The van der Waals surface area contributed by atoms with E-state index >= 15 is 0 Å². The van der Waals surface area contributed by atoms with Crippen LogP contribution in [-0.4, -0.2) is 21.3 Å². The van der Waals surface area contributed by atoms with Crippen molar-refractivity contribution in [1.29, 1.82) is 0 Å². The number of nitrogens with one attached hydrogen (secondary N) is 1. The highest BCUT2D eigenvalue weighted by Gasteiger charge is 2.19. The van der Waals surface area contributed by atoms with Crippen LogP contribution in [0.5, 0.6) is 5.75 Å². The Morgan fingerprint density at radius 1 is 1.25 bits per heavy atom. The number of hydrogen-bond acceptors (Lipinski definition) is 6. The Kier molecular flexibility index (Phi) is 3.90. The minimum absolute atomic E-state index is 0.223. The number of hydrazone groups is 1. The maximum atomic E-state index is 9.94. The van der Waals surface area contributed by atoms with Crippen molar-refractivity contribution in [3.8, 4) is 5.75 Å². The Morgan fingerprint density at radius 3 is 3.00 bits per heavy atom. The first kappa shape index (κ1) is 15.1.